The average molecular weight is 227 g/mol. The van der Waals surface area contributed by atoms with Crippen LogP contribution < -0.4 is 5.32 Å². The topological polar surface area (TPSA) is 40.7 Å². The number of imidazole rings is 1. The van der Waals surface area contributed by atoms with Crippen molar-refractivity contribution in [3.05, 3.63) is 12.4 Å². The van der Waals surface area contributed by atoms with Crippen LogP contribution in [0, 0.1) is 5.41 Å². The summed E-state index contributed by atoms with van der Waals surface area (Å²) in [5.74, 6) is 1.05. The van der Waals surface area contributed by atoms with Gasteiger partial charge in [-0.2, -0.15) is 0 Å². The zero-order valence-corrected chi connectivity index (χ0v) is 10.8. The molecule has 0 radical (unpaired) electrons. The van der Waals surface area contributed by atoms with Gasteiger partial charge in [0.1, 0.15) is 0 Å². The van der Waals surface area contributed by atoms with Gasteiger partial charge in [-0.1, -0.05) is 39.5 Å². The summed E-state index contributed by atoms with van der Waals surface area (Å²) < 4.78 is 0. The van der Waals surface area contributed by atoms with Gasteiger partial charge in [0.05, 0.1) is 0 Å². The highest BCUT2D eigenvalue weighted by Gasteiger charge is 2.23. The van der Waals surface area contributed by atoms with Gasteiger partial charge in [0.15, 0.2) is 5.16 Å². The van der Waals surface area contributed by atoms with Crippen LogP contribution in [0.15, 0.2) is 17.6 Å². The van der Waals surface area contributed by atoms with Crippen molar-refractivity contribution < 1.29 is 0 Å². The van der Waals surface area contributed by atoms with Gasteiger partial charge in [0, 0.05) is 24.2 Å². The smallest absolute Gasteiger partial charge is 0.165 e. The molecule has 1 aromatic rings. The Morgan fingerprint density at radius 2 is 2.27 bits per heavy atom. The van der Waals surface area contributed by atoms with Crippen LogP contribution in [0.3, 0.4) is 0 Å². The van der Waals surface area contributed by atoms with Crippen molar-refractivity contribution in [2.24, 2.45) is 5.41 Å². The summed E-state index contributed by atoms with van der Waals surface area (Å²) in [4.78, 5) is 7.32. The molecule has 1 atom stereocenters. The van der Waals surface area contributed by atoms with E-state index in [1.165, 1.54) is 0 Å². The maximum Gasteiger partial charge on any atom is 0.165 e. The van der Waals surface area contributed by atoms with Gasteiger partial charge in [-0.15, -0.1) is 0 Å². The van der Waals surface area contributed by atoms with Crippen LogP contribution in [-0.2, 0) is 0 Å². The Labute approximate surface area is 96.5 Å². The highest BCUT2D eigenvalue weighted by atomic mass is 32.2. The Morgan fingerprint density at radius 3 is 2.73 bits per heavy atom. The summed E-state index contributed by atoms with van der Waals surface area (Å²) in [5, 5.41) is 4.52. The lowest BCUT2D eigenvalue weighted by Crippen LogP contribution is -2.42. The maximum atomic E-state index is 4.21. The van der Waals surface area contributed by atoms with Crippen molar-refractivity contribution in [2.45, 2.75) is 38.9 Å². The standard InChI is InChI=1S/C11H21N3S/c1-5-12-9(11(2,3)4)8-15-10-13-6-7-14-10/h6-7,9,12H,5,8H2,1-4H3,(H,13,14). The predicted octanol–water partition coefficient (Wildman–Crippen LogP) is 2.53. The number of hydrogen-bond acceptors (Lipinski definition) is 3. The summed E-state index contributed by atoms with van der Waals surface area (Å²) >= 11 is 1.77. The first-order valence-electron chi connectivity index (χ1n) is 5.39. The molecule has 0 fully saturated rings. The first-order chi connectivity index (χ1) is 7.04. The van der Waals surface area contributed by atoms with E-state index in [1.54, 1.807) is 18.0 Å². The van der Waals surface area contributed by atoms with Crippen molar-refractivity contribution in [2.75, 3.05) is 12.3 Å². The molecule has 0 spiro atoms. The lowest BCUT2D eigenvalue weighted by Gasteiger charge is -2.30. The molecule has 1 unspecified atom stereocenters. The number of hydrogen-bond donors (Lipinski definition) is 2. The van der Waals surface area contributed by atoms with E-state index >= 15 is 0 Å². The first kappa shape index (κ1) is 12.6. The summed E-state index contributed by atoms with van der Waals surface area (Å²) in [6, 6.07) is 0.512. The molecule has 15 heavy (non-hydrogen) atoms. The maximum absolute atomic E-state index is 4.21. The molecular weight excluding hydrogens is 206 g/mol. The molecule has 2 N–H and O–H groups in total. The van der Waals surface area contributed by atoms with Crippen LogP contribution in [0.4, 0.5) is 0 Å². The third kappa shape index (κ3) is 4.26. The molecule has 0 amide bonds. The summed E-state index contributed by atoms with van der Waals surface area (Å²) in [5.41, 5.74) is 0.287. The van der Waals surface area contributed by atoms with E-state index in [-0.39, 0.29) is 5.41 Å². The zero-order valence-electron chi connectivity index (χ0n) is 10.0. The van der Waals surface area contributed by atoms with E-state index in [4.69, 9.17) is 0 Å². The Morgan fingerprint density at radius 1 is 1.53 bits per heavy atom. The number of aromatic nitrogens is 2. The highest BCUT2D eigenvalue weighted by molar-refractivity contribution is 7.99. The minimum Gasteiger partial charge on any atom is -0.340 e. The number of thioether (sulfide) groups is 1. The van der Waals surface area contributed by atoms with Crippen LogP contribution >= 0.6 is 11.8 Å². The number of rotatable bonds is 5. The van der Waals surface area contributed by atoms with Crippen LogP contribution in [0.25, 0.3) is 0 Å². The Balaban J connectivity index is 2.45. The van der Waals surface area contributed by atoms with Gasteiger partial charge in [-0.3, -0.25) is 0 Å². The molecule has 86 valence electrons. The molecule has 0 aliphatic heterocycles. The third-order valence-corrected chi connectivity index (χ3v) is 3.35. The Bertz CT molecular complexity index is 264. The highest BCUT2D eigenvalue weighted by Crippen LogP contribution is 2.24. The molecule has 0 saturated carbocycles. The number of nitrogens with one attached hydrogen (secondary N) is 2. The quantitative estimate of drug-likeness (QED) is 0.759. The SMILES string of the molecule is CCNC(CSc1ncc[nH]1)C(C)(C)C. The average Bonchev–Trinajstić information content (AvgIpc) is 2.62. The molecule has 3 nitrogen and oxygen atoms in total. The lowest BCUT2D eigenvalue weighted by molar-refractivity contribution is 0.295. The van der Waals surface area contributed by atoms with Crippen molar-refractivity contribution >= 4 is 11.8 Å². The molecular formula is C11H21N3S. The summed E-state index contributed by atoms with van der Waals surface area (Å²) in [6.07, 6.45) is 3.66. The van der Waals surface area contributed by atoms with Gasteiger partial charge in [0.25, 0.3) is 0 Å². The van der Waals surface area contributed by atoms with Crippen LogP contribution in [0.5, 0.6) is 0 Å². The van der Waals surface area contributed by atoms with E-state index in [0.29, 0.717) is 6.04 Å². The van der Waals surface area contributed by atoms with E-state index in [0.717, 1.165) is 17.5 Å². The molecule has 0 bridgehead atoms. The fourth-order valence-electron chi connectivity index (χ4n) is 1.35. The van der Waals surface area contributed by atoms with Crippen LogP contribution in [-0.4, -0.2) is 28.3 Å². The Hall–Kier alpha value is -0.480. The van der Waals surface area contributed by atoms with Crippen molar-refractivity contribution in [1.82, 2.24) is 15.3 Å². The molecule has 0 saturated heterocycles. The second kappa shape index (κ2) is 5.56. The van der Waals surface area contributed by atoms with Crippen molar-refractivity contribution in [3.63, 3.8) is 0 Å². The fourth-order valence-corrected chi connectivity index (χ4v) is 2.58. The van der Waals surface area contributed by atoms with E-state index in [1.807, 2.05) is 6.20 Å². The van der Waals surface area contributed by atoms with Crippen molar-refractivity contribution in [3.8, 4) is 0 Å². The van der Waals surface area contributed by atoms with Crippen LogP contribution in [0.1, 0.15) is 27.7 Å². The number of H-pyrrole nitrogens is 1. The van der Waals surface area contributed by atoms with Gasteiger partial charge in [0.2, 0.25) is 0 Å². The molecule has 0 aliphatic carbocycles. The van der Waals surface area contributed by atoms with Gasteiger partial charge in [-0.25, -0.2) is 4.98 Å². The van der Waals surface area contributed by atoms with Crippen LogP contribution in [0.2, 0.25) is 0 Å². The van der Waals surface area contributed by atoms with E-state index < -0.39 is 0 Å². The number of nitrogens with zero attached hydrogens (tertiary/aromatic N) is 1. The monoisotopic (exact) mass is 227 g/mol. The molecule has 0 aromatic carbocycles. The summed E-state index contributed by atoms with van der Waals surface area (Å²) in [6.45, 7) is 9.96. The second-order valence-corrected chi connectivity index (χ2v) is 5.69. The summed E-state index contributed by atoms with van der Waals surface area (Å²) in [7, 11) is 0. The minimum atomic E-state index is 0.287. The van der Waals surface area contributed by atoms with E-state index in [9.17, 15) is 0 Å². The van der Waals surface area contributed by atoms with Gasteiger partial charge >= 0.3 is 0 Å². The van der Waals surface area contributed by atoms with Gasteiger partial charge < -0.3 is 10.3 Å². The van der Waals surface area contributed by atoms with E-state index in [2.05, 4.69) is 43.0 Å². The molecule has 1 rings (SSSR count). The Kier molecular flexibility index (Phi) is 4.67. The molecule has 1 aromatic heterocycles. The number of aromatic amines is 1. The second-order valence-electron chi connectivity index (χ2n) is 4.68. The molecule has 1 heterocycles. The molecule has 0 aliphatic rings. The largest absolute Gasteiger partial charge is 0.340 e. The van der Waals surface area contributed by atoms with Crippen molar-refractivity contribution in [1.29, 1.82) is 0 Å². The predicted molar refractivity (Wildman–Crippen MR) is 66.2 cm³/mol. The lowest BCUT2D eigenvalue weighted by atomic mass is 9.88. The minimum absolute atomic E-state index is 0.287. The third-order valence-electron chi connectivity index (χ3n) is 2.36. The molecule has 4 heteroatoms. The van der Waals surface area contributed by atoms with Gasteiger partial charge in [-0.05, 0) is 12.0 Å². The zero-order chi connectivity index (χ0) is 11.3. The normalized spacial score (nSPS) is 14.1. The first-order valence-corrected chi connectivity index (χ1v) is 6.38. The fraction of sp³-hybridized carbons (Fsp3) is 0.727.